The maximum absolute atomic E-state index is 13.0. The number of aromatic nitrogens is 4. The highest BCUT2D eigenvalue weighted by Crippen LogP contribution is 2.29. The molecule has 0 aliphatic carbocycles. The van der Waals surface area contributed by atoms with E-state index in [1.54, 1.807) is 6.20 Å². The average molecular weight is 385 g/mol. The molecule has 0 radical (unpaired) electrons. The summed E-state index contributed by atoms with van der Waals surface area (Å²) in [6.07, 6.45) is 7.56. The zero-order valence-electron chi connectivity index (χ0n) is 14.8. The van der Waals surface area contributed by atoms with E-state index in [1.165, 1.54) is 10.3 Å². The van der Waals surface area contributed by atoms with Gasteiger partial charge < -0.3 is 9.88 Å². The van der Waals surface area contributed by atoms with Crippen LogP contribution >= 0.6 is 12.3 Å². The Labute approximate surface area is 161 Å². The van der Waals surface area contributed by atoms with Crippen molar-refractivity contribution in [3.05, 3.63) is 37.1 Å². The summed E-state index contributed by atoms with van der Waals surface area (Å²) >= 11 is 0.119. The highest BCUT2D eigenvalue weighted by Gasteiger charge is 2.19. The van der Waals surface area contributed by atoms with Crippen LogP contribution in [-0.4, -0.2) is 56.1 Å². The van der Waals surface area contributed by atoms with Crippen LogP contribution in [0.25, 0.3) is 22.3 Å². The fraction of sp³-hybridized carbons (Fsp3) is 0.389. The van der Waals surface area contributed by atoms with Gasteiger partial charge in [-0.05, 0) is 12.1 Å². The van der Waals surface area contributed by atoms with Crippen molar-refractivity contribution in [3.8, 4) is 17.3 Å². The van der Waals surface area contributed by atoms with Gasteiger partial charge in [-0.2, -0.15) is 5.26 Å². The summed E-state index contributed by atoms with van der Waals surface area (Å²) in [7, 11) is 0. The first-order valence-electron chi connectivity index (χ1n) is 8.89. The van der Waals surface area contributed by atoms with Crippen LogP contribution in [-0.2, 0) is 0 Å². The van der Waals surface area contributed by atoms with Gasteiger partial charge in [0.15, 0.2) is 18.0 Å². The molecule has 1 aliphatic rings. The summed E-state index contributed by atoms with van der Waals surface area (Å²) in [6, 6.07) is 6.21. The van der Waals surface area contributed by atoms with Gasteiger partial charge in [0.05, 0.1) is 24.2 Å². The Hall–Kier alpha value is -2.41. The van der Waals surface area contributed by atoms with Gasteiger partial charge in [-0.15, -0.1) is 3.89 Å². The van der Waals surface area contributed by atoms with Gasteiger partial charge in [0, 0.05) is 62.3 Å². The Morgan fingerprint density at radius 3 is 2.89 bits per heavy atom. The van der Waals surface area contributed by atoms with Crippen LogP contribution in [0.1, 0.15) is 12.5 Å². The van der Waals surface area contributed by atoms with Crippen LogP contribution in [0.5, 0.6) is 0 Å². The van der Waals surface area contributed by atoms with Gasteiger partial charge in [0.25, 0.3) is 0 Å². The standard InChI is InChI=1S/C18H20FN7S/c19-27-26-8-3-16-17(22-13-23-18(16)26)14-2-7-25(11-14)15(1-4-20)12-24-9-5-21-6-10-24/h2-3,7-8,11,13,15,21H,1,5-6,9-10,12H2. The SMILES string of the molecule is N#CCC(CN1CCNCC1)n1ccc(-c2ncnc3c2ccn3SF)c1. The van der Waals surface area contributed by atoms with E-state index in [-0.39, 0.29) is 18.4 Å². The second kappa shape index (κ2) is 8.08. The third kappa shape index (κ3) is 3.69. The van der Waals surface area contributed by atoms with Crippen molar-refractivity contribution in [1.82, 2.24) is 28.7 Å². The second-order valence-corrected chi connectivity index (χ2v) is 7.12. The maximum atomic E-state index is 13.0. The number of rotatable bonds is 6. The Balaban J connectivity index is 1.62. The molecule has 4 heterocycles. The molecule has 4 rings (SSSR count). The van der Waals surface area contributed by atoms with Crippen LogP contribution in [0, 0.1) is 11.3 Å². The number of hydrogen-bond acceptors (Lipinski definition) is 6. The largest absolute Gasteiger partial charge is 0.348 e. The highest BCUT2D eigenvalue weighted by atomic mass is 32.2. The van der Waals surface area contributed by atoms with Crippen molar-refractivity contribution in [2.24, 2.45) is 0 Å². The third-order valence-corrected chi connectivity index (χ3v) is 5.38. The summed E-state index contributed by atoms with van der Waals surface area (Å²) in [4.78, 5) is 11.0. The number of piperazine rings is 1. The molecule has 1 fully saturated rings. The number of halogens is 1. The minimum atomic E-state index is 0.0881. The van der Waals surface area contributed by atoms with Crippen LogP contribution < -0.4 is 5.32 Å². The minimum Gasteiger partial charge on any atom is -0.348 e. The molecule has 3 aromatic rings. The summed E-state index contributed by atoms with van der Waals surface area (Å²) in [5.74, 6) is 0. The third-order valence-electron chi connectivity index (χ3n) is 4.94. The molecule has 7 nitrogen and oxygen atoms in total. The van der Waals surface area contributed by atoms with Gasteiger partial charge in [0.2, 0.25) is 0 Å². The first kappa shape index (κ1) is 18.0. The number of nitriles is 1. The predicted molar refractivity (Wildman–Crippen MR) is 104 cm³/mol. The molecule has 3 aromatic heterocycles. The van der Waals surface area contributed by atoms with Crippen molar-refractivity contribution in [2.45, 2.75) is 12.5 Å². The van der Waals surface area contributed by atoms with Gasteiger partial charge in [0.1, 0.15) is 6.33 Å². The highest BCUT2D eigenvalue weighted by molar-refractivity contribution is 7.92. The van der Waals surface area contributed by atoms with Gasteiger partial charge >= 0.3 is 0 Å². The Kier molecular flexibility index (Phi) is 5.38. The zero-order valence-corrected chi connectivity index (χ0v) is 15.6. The first-order valence-corrected chi connectivity index (χ1v) is 9.56. The topological polar surface area (TPSA) is 74.7 Å². The van der Waals surface area contributed by atoms with E-state index >= 15 is 0 Å². The molecule has 1 saturated heterocycles. The number of nitrogens with zero attached hydrogens (tertiary/aromatic N) is 6. The van der Waals surface area contributed by atoms with E-state index in [9.17, 15) is 9.15 Å². The monoisotopic (exact) mass is 385 g/mol. The van der Waals surface area contributed by atoms with Gasteiger partial charge in [-0.1, -0.05) is 0 Å². The molecule has 140 valence electrons. The Morgan fingerprint density at radius 1 is 1.26 bits per heavy atom. The lowest BCUT2D eigenvalue weighted by Crippen LogP contribution is -2.45. The zero-order chi connectivity index (χ0) is 18.6. The summed E-state index contributed by atoms with van der Waals surface area (Å²) < 4.78 is 16.5. The molecule has 9 heteroatoms. The molecular weight excluding hydrogens is 365 g/mol. The molecule has 0 amide bonds. The Morgan fingerprint density at radius 2 is 2.11 bits per heavy atom. The van der Waals surface area contributed by atoms with Crippen molar-refractivity contribution in [2.75, 3.05) is 32.7 Å². The van der Waals surface area contributed by atoms with E-state index in [1.807, 2.05) is 24.5 Å². The molecule has 0 spiro atoms. The fourth-order valence-electron chi connectivity index (χ4n) is 3.56. The minimum absolute atomic E-state index is 0.0881. The van der Waals surface area contributed by atoms with E-state index in [0.717, 1.165) is 49.4 Å². The first-order chi connectivity index (χ1) is 13.3. The molecular formula is C18H20FN7S. The smallest absolute Gasteiger partial charge is 0.171 e. The Bertz CT molecular complexity index is 954. The van der Waals surface area contributed by atoms with Crippen molar-refractivity contribution in [3.63, 3.8) is 0 Å². The molecule has 1 N–H and O–H groups in total. The van der Waals surface area contributed by atoms with Crippen LogP contribution in [0.4, 0.5) is 3.89 Å². The van der Waals surface area contributed by atoms with Crippen molar-refractivity contribution < 1.29 is 3.89 Å². The quantitative estimate of drug-likeness (QED) is 0.703. The molecule has 0 saturated carbocycles. The summed E-state index contributed by atoms with van der Waals surface area (Å²) in [6.45, 7) is 4.81. The predicted octanol–water partition coefficient (Wildman–Crippen LogP) is 2.64. The van der Waals surface area contributed by atoms with E-state index in [2.05, 4.69) is 30.8 Å². The molecule has 0 aromatic carbocycles. The molecule has 0 bridgehead atoms. The van der Waals surface area contributed by atoms with Crippen molar-refractivity contribution in [1.29, 1.82) is 5.26 Å². The number of fused-ring (bicyclic) bond motifs is 1. The fourth-order valence-corrected chi connectivity index (χ4v) is 3.87. The summed E-state index contributed by atoms with van der Waals surface area (Å²) in [5, 5.41) is 13.4. The lowest BCUT2D eigenvalue weighted by atomic mass is 10.1. The average Bonchev–Trinajstić information content (AvgIpc) is 3.35. The lowest BCUT2D eigenvalue weighted by Gasteiger charge is -2.30. The molecule has 1 aliphatic heterocycles. The van der Waals surface area contributed by atoms with Crippen LogP contribution in [0.2, 0.25) is 0 Å². The normalized spacial score (nSPS) is 16.4. The van der Waals surface area contributed by atoms with Crippen molar-refractivity contribution >= 4 is 23.4 Å². The van der Waals surface area contributed by atoms with E-state index in [0.29, 0.717) is 12.1 Å². The lowest BCUT2D eigenvalue weighted by molar-refractivity contribution is 0.207. The van der Waals surface area contributed by atoms with Crippen LogP contribution in [0.15, 0.2) is 37.1 Å². The maximum Gasteiger partial charge on any atom is 0.171 e. The van der Waals surface area contributed by atoms with Gasteiger partial charge in [-0.25, -0.2) is 13.9 Å². The number of nitrogens with one attached hydrogen (secondary N) is 1. The van der Waals surface area contributed by atoms with Gasteiger partial charge in [-0.3, -0.25) is 4.90 Å². The van der Waals surface area contributed by atoms with Crippen LogP contribution in [0.3, 0.4) is 0 Å². The molecule has 1 atom stereocenters. The van der Waals surface area contributed by atoms with E-state index < -0.39 is 0 Å². The molecule has 27 heavy (non-hydrogen) atoms. The molecule has 1 unspecified atom stereocenters. The summed E-state index contributed by atoms with van der Waals surface area (Å²) in [5.41, 5.74) is 2.26. The van der Waals surface area contributed by atoms with E-state index in [4.69, 9.17) is 0 Å². The second-order valence-electron chi connectivity index (χ2n) is 6.58. The number of hydrogen-bond donors (Lipinski definition) is 1.